The van der Waals surface area contributed by atoms with Gasteiger partial charge < -0.3 is 19.5 Å². The summed E-state index contributed by atoms with van der Waals surface area (Å²) in [4.78, 5) is 18.3. The van der Waals surface area contributed by atoms with Crippen LogP contribution < -0.4 is 9.64 Å². The lowest BCUT2D eigenvalue weighted by Crippen LogP contribution is -2.46. The van der Waals surface area contributed by atoms with Crippen molar-refractivity contribution in [1.29, 1.82) is 0 Å². The number of esters is 1. The number of anilines is 1. The first-order valence-electron chi connectivity index (χ1n) is 11.0. The van der Waals surface area contributed by atoms with Crippen LogP contribution in [0.1, 0.15) is 13.3 Å². The molecule has 1 fully saturated rings. The molecular formula is C24H29ClN2O4S. The van der Waals surface area contributed by atoms with Crippen LogP contribution in [0.4, 0.5) is 5.69 Å². The summed E-state index contributed by atoms with van der Waals surface area (Å²) in [5, 5.41) is 10.4. The average Bonchev–Trinajstić information content (AvgIpc) is 2.93. The molecular weight excluding hydrogens is 448 g/mol. The van der Waals surface area contributed by atoms with E-state index in [1.807, 2.05) is 6.07 Å². The third kappa shape index (κ3) is 5.70. The number of rotatable bonds is 6. The fraction of sp³-hybridized carbons (Fsp3) is 0.458. The zero-order valence-corrected chi connectivity index (χ0v) is 19.7. The van der Waals surface area contributed by atoms with Gasteiger partial charge in [-0.3, -0.25) is 9.69 Å². The Labute approximate surface area is 198 Å². The van der Waals surface area contributed by atoms with Crippen molar-refractivity contribution in [2.24, 2.45) is 0 Å². The summed E-state index contributed by atoms with van der Waals surface area (Å²) < 4.78 is 11.3. The summed E-state index contributed by atoms with van der Waals surface area (Å²) in [6.45, 7) is 6.94. The van der Waals surface area contributed by atoms with Gasteiger partial charge in [-0.25, -0.2) is 0 Å². The number of carbonyl (C=O) groups is 1. The summed E-state index contributed by atoms with van der Waals surface area (Å²) in [5.41, 5.74) is 1.27. The number of aliphatic hydroxyl groups excluding tert-OH is 1. The molecule has 1 saturated heterocycles. The molecule has 3 unspecified atom stereocenters. The molecule has 0 aliphatic carbocycles. The van der Waals surface area contributed by atoms with E-state index in [1.165, 1.54) is 17.4 Å². The molecule has 2 heterocycles. The highest BCUT2D eigenvalue weighted by Gasteiger charge is 2.37. The van der Waals surface area contributed by atoms with Crippen molar-refractivity contribution in [3.05, 3.63) is 53.6 Å². The van der Waals surface area contributed by atoms with Crippen molar-refractivity contribution in [2.45, 2.75) is 35.7 Å². The van der Waals surface area contributed by atoms with E-state index >= 15 is 0 Å². The Morgan fingerprint density at radius 3 is 2.69 bits per heavy atom. The van der Waals surface area contributed by atoms with Crippen LogP contribution >= 0.6 is 23.4 Å². The first kappa shape index (κ1) is 23.2. The molecule has 0 saturated carbocycles. The fourth-order valence-electron chi connectivity index (χ4n) is 3.99. The molecule has 0 radical (unpaired) electrons. The van der Waals surface area contributed by atoms with Crippen molar-refractivity contribution >= 4 is 35.0 Å². The number of aliphatic hydroxyl groups is 1. The maximum absolute atomic E-state index is 12.7. The smallest absolute Gasteiger partial charge is 0.322 e. The molecule has 0 amide bonds. The SMILES string of the molecule is CC1Oc2ccc(Cl)cc2SC(C(=O)OCCCN2CCN(c3ccccc3)CC2)C1O. The summed E-state index contributed by atoms with van der Waals surface area (Å²) >= 11 is 7.34. The highest BCUT2D eigenvalue weighted by molar-refractivity contribution is 8.00. The molecule has 0 aromatic heterocycles. The molecule has 172 valence electrons. The molecule has 6 nitrogen and oxygen atoms in total. The van der Waals surface area contributed by atoms with Crippen LogP contribution in [0.25, 0.3) is 0 Å². The van der Waals surface area contributed by atoms with E-state index in [4.69, 9.17) is 21.1 Å². The number of nitrogens with zero attached hydrogens (tertiary/aromatic N) is 2. The Bertz CT molecular complexity index is 908. The minimum atomic E-state index is -0.968. The van der Waals surface area contributed by atoms with Gasteiger partial charge in [-0.15, -0.1) is 11.8 Å². The summed E-state index contributed by atoms with van der Waals surface area (Å²) in [5.74, 6) is 0.204. The Hall–Kier alpha value is -1.93. The number of ether oxygens (including phenoxy) is 2. The Balaban J connectivity index is 1.22. The van der Waals surface area contributed by atoms with Gasteiger partial charge in [0.05, 0.1) is 11.5 Å². The maximum Gasteiger partial charge on any atom is 0.322 e. The predicted molar refractivity (Wildman–Crippen MR) is 128 cm³/mol. The lowest BCUT2D eigenvalue weighted by Gasteiger charge is -2.36. The number of thioether (sulfide) groups is 1. The van der Waals surface area contributed by atoms with E-state index in [9.17, 15) is 9.90 Å². The van der Waals surface area contributed by atoms with Gasteiger partial charge in [0.1, 0.15) is 23.2 Å². The van der Waals surface area contributed by atoms with Gasteiger partial charge in [0.15, 0.2) is 0 Å². The van der Waals surface area contributed by atoms with E-state index in [-0.39, 0.29) is 0 Å². The minimum Gasteiger partial charge on any atom is -0.487 e. The number of benzene rings is 2. The van der Waals surface area contributed by atoms with Gasteiger partial charge >= 0.3 is 5.97 Å². The third-order valence-electron chi connectivity index (χ3n) is 5.85. The monoisotopic (exact) mass is 476 g/mol. The topological polar surface area (TPSA) is 62.2 Å². The highest BCUT2D eigenvalue weighted by Crippen LogP contribution is 2.40. The number of fused-ring (bicyclic) bond motifs is 1. The van der Waals surface area contributed by atoms with Crippen LogP contribution in [-0.4, -0.2) is 72.8 Å². The second-order valence-corrected chi connectivity index (χ2v) is 9.75. The van der Waals surface area contributed by atoms with Crippen molar-refractivity contribution in [3.63, 3.8) is 0 Å². The predicted octanol–water partition coefficient (Wildman–Crippen LogP) is 3.70. The number of piperazine rings is 1. The molecule has 2 aliphatic rings. The Morgan fingerprint density at radius 1 is 1.19 bits per heavy atom. The van der Waals surface area contributed by atoms with E-state index in [2.05, 4.69) is 34.1 Å². The quantitative estimate of drug-likeness (QED) is 0.503. The van der Waals surface area contributed by atoms with Gasteiger partial charge in [-0.1, -0.05) is 29.8 Å². The van der Waals surface area contributed by atoms with Crippen LogP contribution in [0, 0.1) is 0 Å². The molecule has 2 aromatic carbocycles. The van der Waals surface area contributed by atoms with Crippen LogP contribution in [-0.2, 0) is 9.53 Å². The number of halogens is 1. The number of carbonyl (C=O) groups excluding carboxylic acids is 1. The number of hydrogen-bond acceptors (Lipinski definition) is 7. The van der Waals surface area contributed by atoms with Crippen LogP contribution in [0.2, 0.25) is 5.02 Å². The molecule has 2 aliphatic heterocycles. The molecule has 0 bridgehead atoms. The molecule has 32 heavy (non-hydrogen) atoms. The first-order valence-corrected chi connectivity index (χ1v) is 12.3. The number of para-hydroxylation sites is 1. The molecule has 8 heteroatoms. The molecule has 2 aromatic rings. The first-order chi connectivity index (χ1) is 15.5. The van der Waals surface area contributed by atoms with Gasteiger partial charge in [0.2, 0.25) is 0 Å². The normalized spacial score (nSPS) is 23.7. The largest absolute Gasteiger partial charge is 0.487 e. The molecule has 3 atom stereocenters. The van der Waals surface area contributed by atoms with Crippen LogP contribution in [0.5, 0.6) is 5.75 Å². The third-order valence-corrected chi connectivity index (χ3v) is 7.39. The lowest BCUT2D eigenvalue weighted by atomic mass is 10.1. The van der Waals surface area contributed by atoms with Crippen molar-refractivity contribution in [1.82, 2.24) is 4.90 Å². The Morgan fingerprint density at radius 2 is 1.94 bits per heavy atom. The Kier molecular flexibility index (Phi) is 7.84. The van der Waals surface area contributed by atoms with E-state index in [0.29, 0.717) is 17.4 Å². The van der Waals surface area contributed by atoms with Crippen LogP contribution in [0.15, 0.2) is 53.4 Å². The summed E-state index contributed by atoms with van der Waals surface area (Å²) in [7, 11) is 0. The van der Waals surface area contributed by atoms with E-state index in [0.717, 1.165) is 44.0 Å². The van der Waals surface area contributed by atoms with E-state index in [1.54, 1.807) is 25.1 Å². The van der Waals surface area contributed by atoms with Gasteiger partial charge in [0.25, 0.3) is 0 Å². The second kappa shape index (κ2) is 10.8. The molecule has 0 spiro atoms. The summed E-state index contributed by atoms with van der Waals surface area (Å²) in [6.07, 6.45) is -0.730. The molecule has 4 rings (SSSR count). The lowest BCUT2D eigenvalue weighted by molar-refractivity contribution is -0.146. The second-order valence-electron chi connectivity index (χ2n) is 8.13. The van der Waals surface area contributed by atoms with Crippen LogP contribution in [0.3, 0.4) is 0 Å². The minimum absolute atomic E-state index is 0.332. The van der Waals surface area contributed by atoms with E-state index < -0.39 is 23.4 Å². The van der Waals surface area contributed by atoms with Gasteiger partial charge in [0, 0.05) is 43.4 Å². The van der Waals surface area contributed by atoms with Gasteiger partial charge in [-0.05, 0) is 43.7 Å². The zero-order valence-electron chi connectivity index (χ0n) is 18.2. The van der Waals surface area contributed by atoms with Crippen molar-refractivity contribution < 1.29 is 19.4 Å². The fourth-order valence-corrected chi connectivity index (χ4v) is 5.46. The van der Waals surface area contributed by atoms with Gasteiger partial charge in [-0.2, -0.15) is 0 Å². The summed E-state index contributed by atoms with van der Waals surface area (Å²) in [6, 6.07) is 15.7. The highest BCUT2D eigenvalue weighted by atomic mass is 35.5. The average molecular weight is 477 g/mol. The van der Waals surface area contributed by atoms with Crippen molar-refractivity contribution in [3.8, 4) is 5.75 Å². The molecule has 1 N–H and O–H groups in total. The van der Waals surface area contributed by atoms with Crippen molar-refractivity contribution in [2.75, 3.05) is 44.2 Å². The zero-order chi connectivity index (χ0) is 22.5. The standard InChI is InChI=1S/C24H29ClN2O4S/c1-17-22(28)23(32-21-16-18(25)8-9-20(21)31-17)24(29)30-15-5-10-26-11-13-27(14-12-26)19-6-3-2-4-7-19/h2-4,6-9,16-17,22-23,28H,5,10-15H2,1H3. The maximum atomic E-state index is 12.7. The number of hydrogen-bond donors (Lipinski definition) is 1.